The van der Waals surface area contributed by atoms with Crippen LogP contribution in [0.2, 0.25) is 0 Å². The molecule has 0 aromatic heterocycles. The Morgan fingerprint density at radius 3 is 2.55 bits per heavy atom. The molecule has 0 fully saturated rings. The zero-order chi connectivity index (χ0) is 15.5. The third-order valence-electron chi connectivity index (χ3n) is 3.45. The Hall–Kier alpha value is -1.84. The lowest BCUT2D eigenvalue weighted by atomic mass is 10.1. The average molecular weight is 299 g/mol. The van der Waals surface area contributed by atoms with E-state index in [4.69, 9.17) is 9.47 Å². The summed E-state index contributed by atoms with van der Waals surface area (Å²) in [6.07, 6.45) is 2.27. The summed E-state index contributed by atoms with van der Waals surface area (Å²) in [4.78, 5) is 0. The Bertz CT molecular complexity index is 528. The van der Waals surface area contributed by atoms with Crippen LogP contribution in [0.5, 0.6) is 5.75 Å². The van der Waals surface area contributed by atoms with Crippen LogP contribution < -0.4 is 10.1 Å². The van der Waals surface area contributed by atoms with Gasteiger partial charge in [-0.05, 0) is 42.6 Å². The van der Waals surface area contributed by atoms with E-state index in [0.717, 1.165) is 31.7 Å². The highest BCUT2D eigenvalue weighted by molar-refractivity contribution is 5.28. The van der Waals surface area contributed by atoms with Crippen molar-refractivity contribution in [1.29, 1.82) is 0 Å². The van der Waals surface area contributed by atoms with Crippen molar-refractivity contribution in [1.82, 2.24) is 5.32 Å². The minimum absolute atomic E-state index is 0.588. The first-order chi connectivity index (χ1) is 10.9. The van der Waals surface area contributed by atoms with E-state index in [0.29, 0.717) is 13.2 Å². The summed E-state index contributed by atoms with van der Waals surface area (Å²) in [7, 11) is 1.68. The van der Waals surface area contributed by atoms with E-state index >= 15 is 0 Å². The fourth-order valence-electron chi connectivity index (χ4n) is 2.28. The van der Waals surface area contributed by atoms with Gasteiger partial charge in [-0.2, -0.15) is 0 Å². The van der Waals surface area contributed by atoms with E-state index in [1.807, 2.05) is 12.1 Å². The van der Waals surface area contributed by atoms with Crippen molar-refractivity contribution in [2.75, 3.05) is 26.9 Å². The van der Waals surface area contributed by atoms with Gasteiger partial charge in [0.2, 0.25) is 0 Å². The molecule has 0 bridgehead atoms. The molecule has 0 spiro atoms. The normalized spacial score (nSPS) is 10.6. The molecule has 0 aliphatic heterocycles. The van der Waals surface area contributed by atoms with E-state index < -0.39 is 0 Å². The lowest BCUT2D eigenvalue weighted by Crippen LogP contribution is -2.15. The molecule has 1 N–H and O–H groups in total. The van der Waals surface area contributed by atoms with E-state index in [-0.39, 0.29) is 0 Å². The highest BCUT2D eigenvalue weighted by Gasteiger charge is 1.98. The second-order valence-electron chi connectivity index (χ2n) is 5.25. The molecule has 0 radical (unpaired) electrons. The SMILES string of the molecule is COCCOc1cccc(CNCCCc2ccccc2)c1. The summed E-state index contributed by atoms with van der Waals surface area (Å²) in [5.41, 5.74) is 2.65. The third kappa shape index (κ3) is 6.29. The van der Waals surface area contributed by atoms with E-state index in [2.05, 4.69) is 47.8 Å². The van der Waals surface area contributed by atoms with Crippen molar-refractivity contribution in [2.45, 2.75) is 19.4 Å². The maximum atomic E-state index is 5.62. The van der Waals surface area contributed by atoms with Gasteiger partial charge >= 0.3 is 0 Å². The fraction of sp³-hybridized carbons (Fsp3) is 0.368. The molecule has 3 heteroatoms. The van der Waals surface area contributed by atoms with Crippen LogP contribution in [0.25, 0.3) is 0 Å². The third-order valence-corrected chi connectivity index (χ3v) is 3.45. The largest absolute Gasteiger partial charge is 0.491 e. The van der Waals surface area contributed by atoms with Gasteiger partial charge in [0, 0.05) is 13.7 Å². The molecule has 118 valence electrons. The molecule has 0 saturated heterocycles. The van der Waals surface area contributed by atoms with Crippen molar-refractivity contribution >= 4 is 0 Å². The second kappa shape index (κ2) is 9.98. The number of aryl methyl sites for hydroxylation is 1. The first-order valence-corrected chi connectivity index (χ1v) is 7.84. The van der Waals surface area contributed by atoms with Crippen LogP contribution in [0, 0.1) is 0 Å². The summed E-state index contributed by atoms with van der Waals surface area (Å²) in [6, 6.07) is 18.8. The van der Waals surface area contributed by atoms with Crippen molar-refractivity contribution in [3.05, 3.63) is 65.7 Å². The molecular formula is C19H25NO2. The van der Waals surface area contributed by atoms with E-state index in [1.54, 1.807) is 7.11 Å². The van der Waals surface area contributed by atoms with Crippen molar-refractivity contribution in [2.24, 2.45) is 0 Å². The second-order valence-corrected chi connectivity index (χ2v) is 5.25. The summed E-state index contributed by atoms with van der Waals surface area (Å²) < 4.78 is 10.6. The first kappa shape index (κ1) is 16.5. The predicted octanol–water partition coefficient (Wildman–Crippen LogP) is 3.43. The molecule has 0 saturated carbocycles. The van der Waals surface area contributed by atoms with Crippen LogP contribution in [0.1, 0.15) is 17.5 Å². The topological polar surface area (TPSA) is 30.5 Å². The van der Waals surface area contributed by atoms with Gasteiger partial charge in [-0.3, -0.25) is 0 Å². The van der Waals surface area contributed by atoms with Gasteiger partial charge in [-0.15, -0.1) is 0 Å². The number of rotatable bonds is 10. The monoisotopic (exact) mass is 299 g/mol. The Balaban J connectivity index is 1.65. The highest BCUT2D eigenvalue weighted by atomic mass is 16.5. The minimum Gasteiger partial charge on any atom is -0.491 e. The van der Waals surface area contributed by atoms with Gasteiger partial charge in [0.15, 0.2) is 0 Å². The van der Waals surface area contributed by atoms with Crippen LogP contribution in [0.3, 0.4) is 0 Å². The molecule has 3 nitrogen and oxygen atoms in total. The van der Waals surface area contributed by atoms with Gasteiger partial charge in [0.1, 0.15) is 12.4 Å². The van der Waals surface area contributed by atoms with Crippen molar-refractivity contribution in [3.8, 4) is 5.75 Å². The number of nitrogens with one attached hydrogen (secondary N) is 1. The summed E-state index contributed by atoms with van der Waals surface area (Å²) in [5.74, 6) is 0.903. The Kier molecular flexibility index (Phi) is 7.50. The number of ether oxygens (including phenoxy) is 2. The quantitative estimate of drug-likeness (QED) is 0.682. The Morgan fingerprint density at radius 2 is 1.73 bits per heavy atom. The zero-order valence-electron chi connectivity index (χ0n) is 13.3. The van der Waals surface area contributed by atoms with Gasteiger partial charge in [-0.25, -0.2) is 0 Å². The molecule has 0 amide bonds. The van der Waals surface area contributed by atoms with Gasteiger partial charge in [0.05, 0.1) is 6.61 Å². The highest BCUT2D eigenvalue weighted by Crippen LogP contribution is 2.13. The standard InChI is InChI=1S/C19H25NO2/c1-21-13-14-22-19-11-5-9-18(15-19)16-20-12-6-10-17-7-3-2-4-8-17/h2-5,7-9,11,15,20H,6,10,12-14,16H2,1H3. The summed E-state index contributed by atoms with van der Waals surface area (Å²) in [5, 5.41) is 3.49. The maximum Gasteiger partial charge on any atom is 0.119 e. The van der Waals surface area contributed by atoms with Crippen LogP contribution in [-0.2, 0) is 17.7 Å². The first-order valence-electron chi connectivity index (χ1n) is 7.84. The number of methoxy groups -OCH3 is 1. The van der Waals surface area contributed by atoms with Crippen LogP contribution in [-0.4, -0.2) is 26.9 Å². The van der Waals surface area contributed by atoms with Gasteiger partial charge in [-0.1, -0.05) is 42.5 Å². The maximum absolute atomic E-state index is 5.62. The lowest BCUT2D eigenvalue weighted by molar-refractivity contribution is 0.146. The lowest BCUT2D eigenvalue weighted by Gasteiger charge is -2.09. The van der Waals surface area contributed by atoms with E-state index in [1.165, 1.54) is 11.1 Å². The number of benzene rings is 2. The van der Waals surface area contributed by atoms with Crippen LogP contribution >= 0.6 is 0 Å². The predicted molar refractivity (Wildman–Crippen MR) is 90.3 cm³/mol. The summed E-state index contributed by atoms with van der Waals surface area (Å²) >= 11 is 0. The molecule has 0 heterocycles. The molecule has 0 unspecified atom stereocenters. The number of hydrogen-bond acceptors (Lipinski definition) is 3. The minimum atomic E-state index is 0.588. The van der Waals surface area contributed by atoms with E-state index in [9.17, 15) is 0 Å². The average Bonchev–Trinajstić information content (AvgIpc) is 2.56. The number of hydrogen-bond donors (Lipinski definition) is 1. The Labute approximate surface area is 133 Å². The van der Waals surface area contributed by atoms with Crippen LogP contribution in [0.4, 0.5) is 0 Å². The van der Waals surface area contributed by atoms with Crippen LogP contribution in [0.15, 0.2) is 54.6 Å². The molecule has 0 aliphatic carbocycles. The molecule has 2 aromatic rings. The Morgan fingerprint density at radius 1 is 0.909 bits per heavy atom. The van der Waals surface area contributed by atoms with Crippen molar-refractivity contribution in [3.63, 3.8) is 0 Å². The molecule has 2 aromatic carbocycles. The van der Waals surface area contributed by atoms with Gasteiger partial charge in [0.25, 0.3) is 0 Å². The van der Waals surface area contributed by atoms with Gasteiger partial charge < -0.3 is 14.8 Å². The summed E-state index contributed by atoms with van der Waals surface area (Å²) in [6.45, 7) is 3.09. The molecule has 2 rings (SSSR count). The molecule has 0 aliphatic rings. The smallest absolute Gasteiger partial charge is 0.119 e. The molecular weight excluding hydrogens is 274 g/mol. The molecule has 0 atom stereocenters. The van der Waals surface area contributed by atoms with Crippen molar-refractivity contribution < 1.29 is 9.47 Å². The molecule has 22 heavy (non-hydrogen) atoms. The zero-order valence-corrected chi connectivity index (χ0v) is 13.3. The fourth-order valence-corrected chi connectivity index (χ4v) is 2.28.